The second-order valence-corrected chi connectivity index (χ2v) is 7.04. The van der Waals surface area contributed by atoms with Crippen molar-refractivity contribution in [1.29, 1.82) is 5.26 Å². The average molecular weight is 268 g/mol. The van der Waals surface area contributed by atoms with Crippen LogP contribution in [0.25, 0.3) is 0 Å². The van der Waals surface area contributed by atoms with Gasteiger partial charge in [-0.25, -0.2) is 4.98 Å². The van der Waals surface area contributed by atoms with E-state index in [-0.39, 0.29) is 5.60 Å². The lowest BCUT2D eigenvalue weighted by atomic mass is 9.54. The molecule has 3 nitrogen and oxygen atoms in total. The van der Waals surface area contributed by atoms with Gasteiger partial charge >= 0.3 is 0 Å². The number of hydrogen-bond acceptors (Lipinski definition) is 3. The van der Waals surface area contributed by atoms with E-state index in [1.165, 1.54) is 38.5 Å². The number of nitriles is 1. The number of rotatable bonds is 3. The standard InChI is InChI=1S/C17H20N2O/c18-4-3-12-1-2-16(19-11-12)20-17-8-13-5-14(9-17)7-15(6-13)10-17/h1-2,11,13-15H,3,5-10H2. The molecule has 3 heteroatoms. The summed E-state index contributed by atoms with van der Waals surface area (Å²) in [6.07, 6.45) is 10.1. The lowest BCUT2D eigenvalue weighted by Crippen LogP contribution is -2.53. The summed E-state index contributed by atoms with van der Waals surface area (Å²) in [6.45, 7) is 0. The number of ether oxygens (including phenoxy) is 1. The van der Waals surface area contributed by atoms with Crippen molar-refractivity contribution < 1.29 is 4.74 Å². The zero-order valence-electron chi connectivity index (χ0n) is 11.7. The monoisotopic (exact) mass is 268 g/mol. The molecule has 104 valence electrons. The van der Waals surface area contributed by atoms with Gasteiger partial charge in [-0.3, -0.25) is 0 Å². The Labute approximate surface area is 120 Å². The Morgan fingerprint density at radius 1 is 1.15 bits per heavy atom. The van der Waals surface area contributed by atoms with Crippen molar-refractivity contribution in [1.82, 2.24) is 4.98 Å². The van der Waals surface area contributed by atoms with E-state index in [2.05, 4.69) is 11.1 Å². The van der Waals surface area contributed by atoms with Gasteiger partial charge in [0.25, 0.3) is 0 Å². The summed E-state index contributed by atoms with van der Waals surface area (Å²) in [6, 6.07) is 6.05. The normalized spacial score (nSPS) is 37.6. The minimum absolute atomic E-state index is 0.0680. The average Bonchev–Trinajstić information content (AvgIpc) is 2.39. The SMILES string of the molecule is N#CCc1ccc(OC23CC4CC(CC(C4)C2)C3)nc1. The molecule has 4 fully saturated rings. The molecular formula is C17H20N2O. The second-order valence-electron chi connectivity index (χ2n) is 7.04. The van der Waals surface area contributed by atoms with Crippen molar-refractivity contribution in [3.63, 3.8) is 0 Å². The fourth-order valence-electron chi connectivity index (χ4n) is 5.05. The maximum atomic E-state index is 8.69. The van der Waals surface area contributed by atoms with Crippen LogP contribution in [-0.4, -0.2) is 10.6 Å². The zero-order chi connectivity index (χ0) is 13.6. The van der Waals surface area contributed by atoms with Crippen LogP contribution in [0.15, 0.2) is 18.3 Å². The van der Waals surface area contributed by atoms with Crippen molar-refractivity contribution in [2.75, 3.05) is 0 Å². The van der Waals surface area contributed by atoms with Crippen molar-refractivity contribution >= 4 is 0 Å². The van der Waals surface area contributed by atoms with E-state index < -0.39 is 0 Å². The molecule has 1 aromatic heterocycles. The first-order valence-electron chi connectivity index (χ1n) is 7.76. The van der Waals surface area contributed by atoms with E-state index in [1.807, 2.05) is 12.1 Å². The molecule has 4 aliphatic rings. The molecule has 4 aliphatic carbocycles. The number of aromatic nitrogens is 1. The molecule has 4 bridgehead atoms. The summed E-state index contributed by atoms with van der Waals surface area (Å²) >= 11 is 0. The van der Waals surface area contributed by atoms with Crippen LogP contribution in [0.5, 0.6) is 5.88 Å². The van der Waals surface area contributed by atoms with Crippen LogP contribution < -0.4 is 4.74 Å². The molecule has 5 rings (SSSR count). The molecule has 0 spiro atoms. The van der Waals surface area contributed by atoms with Gasteiger partial charge in [0.15, 0.2) is 0 Å². The van der Waals surface area contributed by atoms with Crippen LogP contribution in [0.2, 0.25) is 0 Å². The van der Waals surface area contributed by atoms with Crippen LogP contribution in [0, 0.1) is 29.1 Å². The summed E-state index contributed by atoms with van der Waals surface area (Å²) in [4.78, 5) is 4.40. The minimum Gasteiger partial charge on any atom is -0.471 e. The maximum absolute atomic E-state index is 8.69. The molecule has 0 N–H and O–H groups in total. The lowest BCUT2D eigenvalue weighted by molar-refractivity contribution is -0.109. The fourth-order valence-corrected chi connectivity index (χ4v) is 5.05. The van der Waals surface area contributed by atoms with Crippen LogP contribution in [0.4, 0.5) is 0 Å². The Morgan fingerprint density at radius 2 is 1.80 bits per heavy atom. The van der Waals surface area contributed by atoms with Crippen LogP contribution >= 0.6 is 0 Å². The van der Waals surface area contributed by atoms with Crippen molar-refractivity contribution in [3.8, 4) is 11.9 Å². The molecule has 1 aromatic rings. The molecule has 0 unspecified atom stereocenters. The fraction of sp³-hybridized carbons (Fsp3) is 0.647. The molecule has 0 atom stereocenters. The van der Waals surface area contributed by atoms with Gasteiger partial charge in [-0.05, 0) is 61.8 Å². The van der Waals surface area contributed by atoms with Gasteiger partial charge in [0.05, 0.1) is 12.5 Å². The van der Waals surface area contributed by atoms with Crippen LogP contribution in [0.3, 0.4) is 0 Å². The number of nitrogens with zero attached hydrogens (tertiary/aromatic N) is 2. The highest BCUT2D eigenvalue weighted by Crippen LogP contribution is 2.56. The predicted octanol–water partition coefficient (Wildman–Crippen LogP) is 3.50. The highest BCUT2D eigenvalue weighted by Gasteiger charge is 2.52. The Morgan fingerprint density at radius 3 is 2.30 bits per heavy atom. The maximum Gasteiger partial charge on any atom is 0.213 e. The van der Waals surface area contributed by atoms with E-state index in [0.29, 0.717) is 6.42 Å². The predicted molar refractivity (Wildman–Crippen MR) is 75.1 cm³/mol. The van der Waals surface area contributed by atoms with E-state index in [9.17, 15) is 0 Å². The van der Waals surface area contributed by atoms with E-state index in [0.717, 1.165) is 29.2 Å². The molecule has 0 aromatic carbocycles. The summed E-state index contributed by atoms with van der Waals surface area (Å²) in [5.41, 5.74) is 1.03. The lowest BCUT2D eigenvalue weighted by Gasteiger charge is -2.55. The third kappa shape index (κ3) is 2.08. The third-order valence-electron chi connectivity index (χ3n) is 5.38. The Kier molecular flexibility index (Phi) is 2.73. The van der Waals surface area contributed by atoms with Crippen LogP contribution in [-0.2, 0) is 6.42 Å². The molecule has 20 heavy (non-hydrogen) atoms. The summed E-state index contributed by atoms with van der Waals surface area (Å²) in [7, 11) is 0. The highest BCUT2D eigenvalue weighted by molar-refractivity contribution is 5.21. The minimum atomic E-state index is 0.0680. The molecule has 0 saturated heterocycles. The molecule has 4 saturated carbocycles. The molecule has 0 amide bonds. The van der Waals surface area contributed by atoms with Crippen molar-refractivity contribution in [2.24, 2.45) is 17.8 Å². The van der Waals surface area contributed by atoms with Gasteiger partial charge in [0, 0.05) is 12.3 Å². The van der Waals surface area contributed by atoms with Gasteiger partial charge < -0.3 is 4.74 Å². The van der Waals surface area contributed by atoms with Crippen LogP contribution in [0.1, 0.15) is 44.1 Å². The van der Waals surface area contributed by atoms with Gasteiger partial charge in [0.2, 0.25) is 5.88 Å². The summed E-state index contributed by atoms with van der Waals surface area (Å²) in [5, 5.41) is 8.69. The number of pyridine rings is 1. The second kappa shape index (κ2) is 4.48. The highest BCUT2D eigenvalue weighted by atomic mass is 16.5. The van der Waals surface area contributed by atoms with Crippen molar-refractivity contribution in [2.45, 2.75) is 50.5 Å². The van der Waals surface area contributed by atoms with E-state index in [4.69, 9.17) is 10.00 Å². The molecule has 0 aliphatic heterocycles. The Hall–Kier alpha value is -1.56. The topological polar surface area (TPSA) is 45.9 Å². The third-order valence-corrected chi connectivity index (χ3v) is 5.38. The summed E-state index contributed by atoms with van der Waals surface area (Å²) in [5.74, 6) is 3.41. The zero-order valence-corrected chi connectivity index (χ0v) is 11.7. The molecule has 1 heterocycles. The summed E-state index contributed by atoms with van der Waals surface area (Å²) < 4.78 is 6.35. The van der Waals surface area contributed by atoms with E-state index >= 15 is 0 Å². The Bertz CT molecular complexity index is 508. The molecular weight excluding hydrogens is 248 g/mol. The smallest absolute Gasteiger partial charge is 0.213 e. The van der Waals surface area contributed by atoms with Gasteiger partial charge in [0.1, 0.15) is 5.60 Å². The van der Waals surface area contributed by atoms with Crippen molar-refractivity contribution in [3.05, 3.63) is 23.9 Å². The first-order valence-corrected chi connectivity index (χ1v) is 7.76. The Balaban J connectivity index is 1.52. The first-order chi connectivity index (χ1) is 9.75. The van der Waals surface area contributed by atoms with E-state index in [1.54, 1.807) is 6.20 Å². The van der Waals surface area contributed by atoms with Gasteiger partial charge in [-0.2, -0.15) is 5.26 Å². The quantitative estimate of drug-likeness (QED) is 0.843. The first kappa shape index (κ1) is 12.2. The van der Waals surface area contributed by atoms with Gasteiger partial charge in [-0.15, -0.1) is 0 Å². The van der Waals surface area contributed by atoms with Gasteiger partial charge in [-0.1, -0.05) is 6.07 Å². The largest absolute Gasteiger partial charge is 0.471 e. The molecule has 0 radical (unpaired) electrons. The number of hydrogen-bond donors (Lipinski definition) is 0.